The van der Waals surface area contributed by atoms with Crippen LogP contribution in [0.5, 0.6) is 0 Å². The van der Waals surface area contributed by atoms with Crippen LogP contribution in [0.15, 0.2) is 59.7 Å². The fraction of sp³-hybridized carbons (Fsp3) is 0.125. The molecule has 102 valence electrons. The highest BCUT2D eigenvalue weighted by Gasteiger charge is 2.04. The van der Waals surface area contributed by atoms with Crippen LogP contribution >= 0.6 is 0 Å². The fourth-order valence-electron chi connectivity index (χ4n) is 1.72. The van der Waals surface area contributed by atoms with Gasteiger partial charge in [-0.3, -0.25) is 4.79 Å². The molecule has 1 atom stereocenters. The average molecular weight is 270 g/mol. The first-order valence-corrected chi connectivity index (χ1v) is 6.31. The third-order valence-corrected chi connectivity index (χ3v) is 2.90. The Morgan fingerprint density at radius 3 is 2.45 bits per heavy atom. The van der Waals surface area contributed by atoms with Gasteiger partial charge in [0, 0.05) is 17.7 Å². The number of hydrogen-bond acceptors (Lipinski definition) is 2. The normalized spacial score (nSPS) is 12.3. The summed E-state index contributed by atoms with van der Waals surface area (Å²) in [6.45, 7) is 1.99. The maximum Gasteiger partial charge on any atom is 0.271 e. The maximum atomic E-state index is 12.7. The van der Waals surface area contributed by atoms with Gasteiger partial charge in [0.25, 0.3) is 5.91 Å². The zero-order chi connectivity index (χ0) is 14.4. The van der Waals surface area contributed by atoms with E-state index in [1.54, 1.807) is 6.21 Å². The second kappa shape index (κ2) is 6.61. The SMILES string of the molecule is CC(/C=N/NC(=O)c1ccc(F)cc1)c1ccccc1. The first-order valence-electron chi connectivity index (χ1n) is 6.31. The Balaban J connectivity index is 1.93. The lowest BCUT2D eigenvalue weighted by Gasteiger charge is -2.05. The van der Waals surface area contributed by atoms with E-state index in [9.17, 15) is 9.18 Å². The number of nitrogens with one attached hydrogen (secondary N) is 1. The van der Waals surface area contributed by atoms with Crippen molar-refractivity contribution in [1.82, 2.24) is 5.43 Å². The smallest absolute Gasteiger partial charge is 0.267 e. The first kappa shape index (κ1) is 13.9. The summed E-state index contributed by atoms with van der Waals surface area (Å²) in [5.74, 6) is -0.631. The Bertz CT molecular complexity index is 594. The monoisotopic (exact) mass is 270 g/mol. The van der Waals surface area contributed by atoms with Gasteiger partial charge in [0.1, 0.15) is 5.82 Å². The van der Waals surface area contributed by atoms with Crippen molar-refractivity contribution in [3.8, 4) is 0 Å². The van der Waals surface area contributed by atoms with Gasteiger partial charge in [0.05, 0.1) is 0 Å². The number of halogens is 1. The van der Waals surface area contributed by atoms with Crippen LogP contribution in [-0.4, -0.2) is 12.1 Å². The number of carbonyl (C=O) groups excluding carboxylic acids is 1. The van der Waals surface area contributed by atoms with E-state index in [0.717, 1.165) is 5.56 Å². The van der Waals surface area contributed by atoms with E-state index in [1.807, 2.05) is 37.3 Å². The van der Waals surface area contributed by atoms with Crippen molar-refractivity contribution in [1.29, 1.82) is 0 Å². The molecule has 0 aliphatic heterocycles. The third kappa shape index (κ3) is 3.75. The molecule has 0 spiro atoms. The molecule has 1 amide bonds. The molecule has 0 saturated heterocycles. The molecule has 2 rings (SSSR count). The molecule has 20 heavy (non-hydrogen) atoms. The van der Waals surface area contributed by atoms with Crippen molar-refractivity contribution in [3.63, 3.8) is 0 Å². The standard InChI is InChI=1S/C16H15FN2O/c1-12(13-5-3-2-4-6-13)11-18-19-16(20)14-7-9-15(17)10-8-14/h2-12H,1H3,(H,19,20)/b18-11+. The van der Waals surface area contributed by atoms with Crippen LogP contribution in [0.2, 0.25) is 0 Å². The van der Waals surface area contributed by atoms with Gasteiger partial charge in [0.15, 0.2) is 0 Å². The maximum absolute atomic E-state index is 12.7. The third-order valence-electron chi connectivity index (χ3n) is 2.90. The summed E-state index contributed by atoms with van der Waals surface area (Å²) < 4.78 is 12.7. The topological polar surface area (TPSA) is 41.5 Å². The molecular formula is C16H15FN2O. The molecule has 1 unspecified atom stereocenters. The number of amides is 1. The van der Waals surface area contributed by atoms with Crippen molar-refractivity contribution in [3.05, 3.63) is 71.5 Å². The minimum absolute atomic E-state index is 0.102. The van der Waals surface area contributed by atoms with Gasteiger partial charge in [0.2, 0.25) is 0 Å². The summed E-state index contributed by atoms with van der Waals surface area (Å²) in [4.78, 5) is 11.7. The van der Waals surface area contributed by atoms with E-state index in [2.05, 4.69) is 10.5 Å². The minimum Gasteiger partial charge on any atom is -0.267 e. The van der Waals surface area contributed by atoms with Crippen LogP contribution in [0, 0.1) is 5.82 Å². The van der Waals surface area contributed by atoms with Crippen molar-refractivity contribution in [2.24, 2.45) is 5.10 Å². The van der Waals surface area contributed by atoms with Gasteiger partial charge in [-0.15, -0.1) is 0 Å². The molecule has 4 heteroatoms. The minimum atomic E-state index is -0.372. The van der Waals surface area contributed by atoms with E-state index in [1.165, 1.54) is 24.3 Å². The van der Waals surface area contributed by atoms with Crippen molar-refractivity contribution in [2.45, 2.75) is 12.8 Å². The molecule has 0 fully saturated rings. The van der Waals surface area contributed by atoms with E-state index < -0.39 is 0 Å². The zero-order valence-corrected chi connectivity index (χ0v) is 11.1. The Morgan fingerprint density at radius 1 is 1.15 bits per heavy atom. The number of hydrogen-bond donors (Lipinski definition) is 1. The van der Waals surface area contributed by atoms with Crippen LogP contribution in [0.3, 0.4) is 0 Å². The number of nitrogens with zero attached hydrogens (tertiary/aromatic N) is 1. The molecule has 2 aromatic carbocycles. The molecule has 0 heterocycles. The summed E-state index contributed by atoms with van der Waals surface area (Å²) in [7, 11) is 0. The number of hydrazone groups is 1. The van der Waals surface area contributed by atoms with E-state index in [0.29, 0.717) is 5.56 Å². The lowest BCUT2D eigenvalue weighted by molar-refractivity contribution is 0.0955. The molecule has 0 radical (unpaired) electrons. The van der Waals surface area contributed by atoms with Crippen molar-refractivity contribution in [2.75, 3.05) is 0 Å². The molecule has 0 saturated carbocycles. The van der Waals surface area contributed by atoms with Crippen LogP contribution in [0.4, 0.5) is 4.39 Å². The Hall–Kier alpha value is -2.49. The van der Waals surface area contributed by atoms with Crippen LogP contribution < -0.4 is 5.43 Å². The largest absolute Gasteiger partial charge is 0.271 e. The predicted molar refractivity (Wildman–Crippen MR) is 77.2 cm³/mol. The second-order valence-electron chi connectivity index (χ2n) is 4.43. The summed E-state index contributed by atoms with van der Waals surface area (Å²) in [6.07, 6.45) is 1.66. The van der Waals surface area contributed by atoms with Gasteiger partial charge < -0.3 is 0 Å². The molecular weight excluding hydrogens is 255 g/mol. The van der Waals surface area contributed by atoms with Crippen molar-refractivity contribution >= 4 is 12.1 Å². The average Bonchev–Trinajstić information content (AvgIpc) is 2.48. The number of rotatable bonds is 4. The zero-order valence-electron chi connectivity index (χ0n) is 11.1. The van der Waals surface area contributed by atoms with E-state index in [-0.39, 0.29) is 17.6 Å². The molecule has 1 N–H and O–H groups in total. The number of carbonyl (C=O) groups is 1. The van der Waals surface area contributed by atoms with E-state index >= 15 is 0 Å². The van der Waals surface area contributed by atoms with Gasteiger partial charge in [-0.25, -0.2) is 9.82 Å². The van der Waals surface area contributed by atoms with Gasteiger partial charge in [-0.2, -0.15) is 5.10 Å². The highest BCUT2D eigenvalue weighted by Crippen LogP contribution is 2.11. The molecule has 0 bridgehead atoms. The Morgan fingerprint density at radius 2 is 1.80 bits per heavy atom. The quantitative estimate of drug-likeness (QED) is 0.672. The lowest BCUT2D eigenvalue weighted by Crippen LogP contribution is -2.18. The first-order chi connectivity index (χ1) is 9.66. The summed E-state index contributed by atoms with van der Waals surface area (Å²) in [5, 5.41) is 3.93. The lowest BCUT2D eigenvalue weighted by atomic mass is 10.0. The van der Waals surface area contributed by atoms with Gasteiger partial charge in [-0.05, 0) is 29.8 Å². The highest BCUT2D eigenvalue weighted by molar-refractivity contribution is 5.94. The summed E-state index contributed by atoms with van der Waals surface area (Å²) in [5.41, 5.74) is 3.92. The summed E-state index contributed by atoms with van der Waals surface area (Å²) >= 11 is 0. The highest BCUT2D eigenvalue weighted by atomic mass is 19.1. The Kier molecular flexibility index (Phi) is 4.60. The molecule has 3 nitrogen and oxygen atoms in total. The van der Waals surface area contributed by atoms with Crippen LogP contribution in [0.1, 0.15) is 28.8 Å². The van der Waals surface area contributed by atoms with Gasteiger partial charge >= 0.3 is 0 Å². The molecule has 2 aromatic rings. The molecule has 0 aliphatic rings. The number of benzene rings is 2. The van der Waals surface area contributed by atoms with Crippen LogP contribution in [-0.2, 0) is 0 Å². The van der Waals surface area contributed by atoms with Gasteiger partial charge in [-0.1, -0.05) is 37.3 Å². The molecule has 0 aliphatic carbocycles. The second-order valence-corrected chi connectivity index (χ2v) is 4.43. The van der Waals surface area contributed by atoms with E-state index in [4.69, 9.17) is 0 Å². The molecule has 0 aromatic heterocycles. The fourth-order valence-corrected chi connectivity index (χ4v) is 1.72. The Labute approximate surface area is 117 Å². The summed E-state index contributed by atoms with van der Waals surface area (Å²) in [6, 6.07) is 15.2. The van der Waals surface area contributed by atoms with Crippen molar-refractivity contribution < 1.29 is 9.18 Å². The van der Waals surface area contributed by atoms with Crippen LogP contribution in [0.25, 0.3) is 0 Å². The predicted octanol–water partition coefficient (Wildman–Crippen LogP) is 3.35.